The molecule has 0 saturated heterocycles. The van der Waals surface area contributed by atoms with Crippen LogP contribution in [0.15, 0.2) is 40.9 Å². The van der Waals surface area contributed by atoms with Gasteiger partial charge in [-0.25, -0.2) is 9.18 Å². The van der Waals surface area contributed by atoms with Gasteiger partial charge in [0.25, 0.3) is 5.91 Å². The normalized spacial score (nSPS) is 10.2. The fraction of sp³-hybridized carbons (Fsp3) is 0.222. The summed E-state index contributed by atoms with van der Waals surface area (Å²) in [5.74, 6) is -1.14. The Morgan fingerprint density at radius 3 is 2.62 bits per heavy atom. The minimum atomic E-state index is -0.726. The molecule has 2 aromatic rings. The first-order valence-corrected chi connectivity index (χ1v) is 8.47. The summed E-state index contributed by atoms with van der Waals surface area (Å²) < 4.78 is 29.6. The highest BCUT2D eigenvalue weighted by Crippen LogP contribution is 2.36. The first kappa shape index (κ1) is 19.7. The van der Waals surface area contributed by atoms with Crippen molar-refractivity contribution in [1.29, 1.82) is 0 Å². The number of nitrogens with one attached hydrogen (secondary N) is 1. The molecule has 2 aromatic carbocycles. The third-order valence-electron chi connectivity index (χ3n) is 3.24. The van der Waals surface area contributed by atoms with Gasteiger partial charge in [-0.05, 0) is 47.1 Å². The van der Waals surface area contributed by atoms with Crippen LogP contribution in [0.4, 0.5) is 10.1 Å². The molecule has 1 N–H and O–H groups in total. The second-order valence-corrected chi connectivity index (χ2v) is 5.88. The molecule has 1 amide bonds. The molecule has 0 atom stereocenters. The van der Waals surface area contributed by atoms with Crippen LogP contribution in [0.3, 0.4) is 0 Å². The number of amides is 1. The van der Waals surface area contributed by atoms with E-state index in [0.29, 0.717) is 22.6 Å². The lowest BCUT2D eigenvalue weighted by Crippen LogP contribution is -2.21. The Morgan fingerprint density at radius 2 is 1.96 bits per heavy atom. The van der Waals surface area contributed by atoms with Gasteiger partial charge in [-0.2, -0.15) is 0 Å². The minimum Gasteiger partial charge on any atom is -0.493 e. The molecule has 0 aromatic heterocycles. The summed E-state index contributed by atoms with van der Waals surface area (Å²) in [5.41, 5.74) is 0.190. The highest BCUT2D eigenvalue weighted by atomic mass is 79.9. The standard InChI is InChI=1S/C18H17BrFNO5/c1-3-25-17-12(19)8-11(9-15(17)24-2)18(23)26-10-16(22)21-14-7-5-4-6-13(14)20/h4-9H,3,10H2,1-2H3,(H,21,22). The molecule has 6 nitrogen and oxygen atoms in total. The Morgan fingerprint density at radius 1 is 1.23 bits per heavy atom. The van der Waals surface area contributed by atoms with Gasteiger partial charge < -0.3 is 19.5 Å². The van der Waals surface area contributed by atoms with Gasteiger partial charge in [0.2, 0.25) is 0 Å². The zero-order chi connectivity index (χ0) is 19.1. The lowest BCUT2D eigenvalue weighted by molar-refractivity contribution is -0.119. The van der Waals surface area contributed by atoms with Crippen LogP contribution in [0.5, 0.6) is 11.5 Å². The van der Waals surface area contributed by atoms with Gasteiger partial charge in [0.05, 0.1) is 29.4 Å². The largest absolute Gasteiger partial charge is 0.493 e. The van der Waals surface area contributed by atoms with Crippen molar-refractivity contribution in [1.82, 2.24) is 0 Å². The summed E-state index contributed by atoms with van der Waals surface area (Å²) in [7, 11) is 1.45. The van der Waals surface area contributed by atoms with Gasteiger partial charge in [-0.15, -0.1) is 0 Å². The molecule has 0 aliphatic rings. The molecular formula is C18H17BrFNO5. The number of hydrogen-bond donors (Lipinski definition) is 1. The van der Waals surface area contributed by atoms with Crippen LogP contribution in [0.1, 0.15) is 17.3 Å². The smallest absolute Gasteiger partial charge is 0.338 e. The molecule has 0 spiro atoms. The molecule has 0 saturated carbocycles. The fourth-order valence-corrected chi connectivity index (χ4v) is 2.64. The maximum atomic E-state index is 13.5. The highest BCUT2D eigenvalue weighted by Gasteiger charge is 2.17. The predicted octanol–water partition coefficient (Wildman–Crippen LogP) is 3.79. The Balaban J connectivity index is 2.02. The van der Waals surface area contributed by atoms with E-state index in [0.717, 1.165) is 0 Å². The predicted molar refractivity (Wildman–Crippen MR) is 97.2 cm³/mol. The first-order valence-electron chi connectivity index (χ1n) is 7.68. The molecule has 26 heavy (non-hydrogen) atoms. The number of esters is 1. The van der Waals surface area contributed by atoms with Crippen molar-refractivity contribution in [2.45, 2.75) is 6.92 Å². The number of rotatable bonds is 7. The van der Waals surface area contributed by atoms with Crippen molar-refractivity contribution in [3.63, 3.8) is 0 Å². The molecule has 0 unspecified atom stereocenters. The maximum absolute atomic E-state index is 13.5. The number of anilines is 1. The summed E-state index contributed by atoms with van der Waals surface area (Å²) in [4.78, 5) is 24.0. The van der Waals surface area contributed by atoms with Crippen LogP contribution in [-0.2, 0) is 9.53 Å². The lowest BCUT2D eigenvalue weighted by Gasteiger charge is -2.13. The number of carbonyl (C=O) groups is 2. The summed E-state index contributed by atoms with van der Waals surface area (Å²) in [5, 5.41) is 2.33. The third-order valence-corrected chi connectivity index (χ3v) is 3.83. The Kier molecular flexibility index (Phi) is 6.97. The van der Waals surface area contributed by atoms with Gasteiger partial charge in [0, 0.05) is 0 Å². The average Bonchev–Trinajstić information content (AvgIpc) is 2.63. The lowest BCUT2D eigenvalue weighted by atomic mass is 10.2. The van der Waals surface area contributed by atoms with Gasteiger partial charge >= 0.3 is 5.97 Å². The van der Waals surface area contributed by atoms with E-state index < -0.39 is 24.3 Å². The fourth-order valence-electron chi connectivity index (χ4n) is 2.09. The third kappa shape index (κ3) is 4.95. The van der Waals surface area contributed by atoms with E-state index in [9.17, 15) is 14.0 Å². The maximum Gasteiger partial charge on any atom is 0.338 e. The second-order valence-electron chi connectivity index (χ2n) is 5.03. The van der Waals surface area contributed by atoms with Crippen molar-refractivity contribution in [3.8, 4) is 11.5 Å². The molecule has 0 bridgehead atoms. The monoisotopic (exact) mass is 425 g/mol. The van der Waals surface area contributed by atoms with Gasteiger partial charge in [-0.3, -0.25) is 4.79 Å². The summed E-state index contributed by atoms with van der Waals surface area (Å²) in [6, 6.07) is 8.66. The average molecular weight is 426 g/mol. The number of benzene rings is 2. The van der Waals surface area contributed by atoms with E-state index in [1.54, 1.807) is 6.07 Å². The van der Waals surface area contributed by atoms with Crippen LogP contribution in [-0.4, -0.2) is 32.2 Å². The van der Waals surface area contributed by atoms with E-state index in [1.165, 1.54) is 37.4 Å². The second kappa shape index (κ2) is 9.19. The summed E-state index contributed by atoms with van der Waals surface area (Å²) in [6.07, 6.45) is 0. The van der Waals surface area contributed by atoms with E-state index in [2.05, 4.69) is 21.2 Å². The van der Waals surface area contributed by atoms with Crippen LogP contribution in [0, 0.1) is 5.82 Å². The van der Waals surface area contributed by atoms with Gasteiger partial charge in [-0.1, -0.05) is 12.1 Å². The molecule has 2 rings (SSSR count). The van der Waals surface area contributed by atoms with Crippen LogP contribution in [0.2, 0.25) is 0 Å². The minimum absolute atomic E-state index is 0.0130. The van der Waals surface area contributed by atoms with Crippen LogP contribution < -0.4 is 14.8 Å². The number of methoxy groups -OCH3 is 1. The summed E-state index contributed by atoms with van der Waals surface area (Å²) >= 11 is 3.31. The molecule has 8 heteroatoms. The topological polar surface area (TPSA) is 73.9 Å². The molecule has 0 radical (unpaired) electrons. The number of para-hydroxylation sites is 1. The van der Waals surface area contributed by atoms with Crippen molar-refractivity contribution < 1.29 is 28.2 Å². The number of halogens is 2. The molecule has 0 fully saturated rings. The first-order chi connectivity index (χ1) is 12.5. The number of ether oxygens (including phenoxy) is 3. The van der Waals surface area contributed by atoms with E-state index in [1.807, 2.05) is 6.92 Å². The van der Waals surface area contributed by atoms with Crippen molar-refractivity contribution >= 4 is 33.5 Å². The van der Waals surface area contributed by atoms with E-state index in [-0.39, 0.29) is 11.3 Å². The highest BCUT2D eigenvalue weighted by molar-refractivity contribution is 9.10. The molecule has 0 heterocycles. The van der Waals surface area contributed by atoms with Gasteiger partial charge in [0.15, 0.2) is 18.1 Å². The van der Waals surface area contributed by atoms with E-state index >= 15 is 0 Å². The van der Waals surface area contributed by atoms with Crippen molar-refractivity contribution in [2.75, 3.05) is 25.6 Å². The zero-order valence-electron chi connectivity index (χ0n) is 14.2. The SMILES string of the molecule is CCOc1c(Br)cc(C(=O)OCC(=O)Nc2ccccc2F)cc1OC. The van der Waals surface area contributed by atoms with Crippen molar-refractivity contribution in [2.24, 2.45) is 0 Å². The quantitative estimate of drug-likeness (QED) is 0.683. The molecule has 0 aliphatic carbocycles. The van der Waals surface area contributed by atoms with Crippen molar-refractivity contribution in [3.05, 3.63) is 52.3 Å². The van der Waals surface area contributed by atoms with Gasteiger partial charge in [0.1, 0.15) is 5.82 Å². The summed E-state index contributed by atoms with van der Waals surface area (Å²) in [6.45, 7) is 1.69. The zero-order valence-corrected chi connectivity index (χ0v) is 15.8. The molecular weight excluding hydrogens is 409 g/mol. The number of hydrogen-bond acceptors (Lipinski definition) is 5. The Bertz CT molecular complexity index is 812. The van der Waals surface area contributed by atoms with E-state index in [4.69, 9.17) is 14.2 Å². The molecule has 138 valence electrons. The van der Waals surface area contributed by atoms with Crippen LogP contribution >= 0.6 is 15.9 Å². The Labute approximate surface area is 158 Å². The Hall–Kier alpha value is -2.61. The van der Waals surface area contributed by atoms with Crippen LogP contribution in [0.25, 0.3) is 0 Å². The molecule has 0 aliphatic heterocycles. The number of carbonyl (C=O) groups excluding carboxylic acids is 2.